The lowest BCUT2D eigenvalue weighted by Crippen LogP contribution is -2.30. The van der Waals surface area contributed by atoms with Gasteiger partial charge in [0.05, 0.1) is 22.5 Å². The van der Waals surface area contributed by atoms with E-state index < -0.39 is 0 Å². The van der Waals surface area contributed by atoms with Crippen molar-refractivity contribution >= 4 is 32.6 Å². The molecule has 0 fully saturated rings. The number of carbonyl (C=O) groups excluding carboxylic acids is 1. The average molecular weight is 430 g/mol. The number of anilines is 1. The van der Waals surface area contributed by atoms with Crippen molar-refractivity contribution in [3.63, 3.8) is 0 Å². The molecule has 0 aliphatic rings. The summed E-state index contributed by atoms with van der Waals surface area (Å²) in [7, 11) is 0. The van der Waals surface area contributed by atoms with Crippen molar-refractivity contribution in [3.05, 3.63) is 88.7 Å². The lowest BCUT2D eigenvalue weighted by Gasteiger charge is -2.21. The van der Waals surface area contributed by atoms with Gasteiger partial charge in [-0.1, -0.05) is 56.4 Å². The first kappa shape index (κ1) is 21.2. The molecule has 5 heteroatoms. The highest BCUT2D eigenvalue weighted by atomic mass is 32.1. The number of amides is 1. The van der Waals surface area contributed by atoms with Crippen LogP contribution in [0.25, 0.3) is 10.2 Å². The zero-order valence-electron chi connectivity index (χ0n) is 18.6. The van der Waals surface area contributed by atoms with Crippen LogP contribution in [0.15, 0.2) is 60.8 Å². The zero-order chi connectivity index (χ0) is 22.2. The van der Waals surface area contributed by atoms with Crippen LogP contribution in [0.1, 0.15) is 53.5 Å². The van der Waals surface area contributed by atoms with Crippen molar-refractivity contribution < 1.29 is 4.79 Å². The minimum absolute atomic E-state index is 0.0393. The van der Waals surface area contributed by atoms with Crippen LogP contribution >= 0.6 is 11.3 Å². The summed E-state index contributed by atoms with van der Waals surface area (Å²) in [5, 5.41) is 0.694. The van der Waals surface area contributed by atoms with Crippen LogP contribution in [0.4, 0.5) is 5.13 Å². The lowest BCUT2D eigenvalue weighted by atomic mass is 9.86. The molecule has 0 radical (unpaired) electrons. The molecule has 4 aromatic rings. The summed E-state index contributed by atoms with van der Waals surface area (Å²) in [6.45, 7) is 11.0. The number of pyridine rings is 1. The largest absolute Gasteiger partial charge is 0.278 e. The zero-order valence-corrected chi connectivity index (χ0v) is 19.5. The molecule has 2 aromatic heterocycles. The van der Waals surface area contributed by atoms with Gasteiger partial charge in [-0.05, 0) is 66.3 Å². The molecule has 0 aliphatic carbocycles. The van der Waals surface area contributed by atoms with E-state index in [9.17, 15) is 4.79 Å². The number of fused-ring (bicyclic) bond motifs is 1. The number of carbonyl (C=O) groups is 1. The second kappa shape index (κ2) is 8.23. The molecule has 2 aromatic carbocycles. The number of benzene rings is 2. The Kier molecular flexibility index (Phi) is 5.63. The van der Waals surface area contributed by atoms with Gasteiger partial charge in [0.25, 0.3) is 5.91 Å². The maximum Gasteiger partial charge on any atom is 0.260 e. The Morgan fingerprint density at radius 3 is 2.42 bits per heavy atom. The fourth-order valence-electron chi connectivity index (χ4n) is 3.62. The van der Waals surface area contributed by atoms with Crippen LogP contribution in [0.3, 0.4) is 0 Å². The summed E-state index contributed by atoms with van der Waals surface area (Å²) in [5.41, 5.74) is 5.99. The van der Waals surface area contributed by atoms with E-state index in [1.165, 1.54) is 11.1 Å². The summed E-state index contributed by atoms with van der Waals surface area (Å²) in [6, 6.07) is 17.9. The van der Waals surface area contributed by atoms with E-state index >= 15 is 0 Å². The van der Waals surface area contributed by atoms with Crippen LogP contribution in [-0.2, 0) is 12.0 Å². The Balaban J connectivity index is 1.76. The minimum atomic E-state index is -0.0699. The second-order valence-corrected chi connectivity index (χ2v) is 9.97. The molecule has 4 rings (SSSR count). The van der Waals surface area contributed by atoms with Gasteiger partial charge in [0.2, 0.25) is 0 Å². The van der Waals surface area contributed by atoms with E-state index in [-0.39, 0.29) is 11.3 Å². The van der Waals surface area contributed by atoms with Gasteiger partial charge in [0.15, 0.2) is 5.13 Å². The molecular weight excluding hydrogens is 402 g/mol. The van der Waals surface area contributed by atoms with Crippen molar-refractivity contribution in [2.45, 2.75) is 46.6 Å². The number of nitrogens with zero attached hydrogens (tertiary/aromatic N) is 3. The minimum Gasteiger partial charge on any atom is -0.278 e. The highest BCUT2D eigenvalue weighted by Gasteiger charge is 2.23. The Hall–Kier alpha value is -3.05. The molecule has 0 spiro atoms. The number of aromatic nitrogens is 2. The molecular formula is C26H27N3OS. The molecule has 31 heavy (non-hydrogen) atoms. The lowest BCUT2D eigenvalue weighted by molar-refractivity contribution is 0.0984. The Morgan fingerprint density at radius 1 is 1.03 bits per heavy atom. The number of thiazole rings is 1. The normalized spacial score (nSPS) is 11.6. The van der Waals surface area contributed by atoms with Crippen molar-refractivity contribution in [2.75, 3.05) is 4.90 Å². The molecule has 158 valence electrons. The number of aryl methyl sites for hydroxylation is 2. The summed E-state index contributed by atoms with van der Waals surface area (Å²) in [5.74, 6) is -0.0699. The third-order valence-electron chi connectivity index (χ3n) is 5.34. The van der Waals surface area contributed by atoms with E-state index in [4.69, 9.17) is 4.98 Å². The molecule has 0 atom stereocenters. The number of rotatable bonds is 4. The highest BCUT2D eigenvalue weighted by Crippen LogP contribution is 2.33. The standard InChI is InChI=1S/C26H27N3OS/c1-17-14-18(2)23-22(15-17)31-25(28-23)29(16-21-8-6-7-13-27-21)24(30)19-9-11-20(12-10-19)26(3,4)5/h6-15H,16H2,1-5H3. The maximum atomic E-state index is 13.6. The Bertz CT molecular complexity index is 1220. The van der Waals surface area contributed by atoms with Gasteiger partial charge in [0.1, 0.15) is 0 Å². The third-order valence-corrected chi connectivity index (χ3v) is 6.36. The first-order valence-electron chi connectivity index (χ1n) is 10.4. The van der Waals surface area contributed by atoms with E-state index in [1.807, 2.05) is 42.5 Å². The van der Waals surface area contributed by atoms with Crippen molar-refractivity contribution in [1.82, 2.24) is 9.97 Å². The van der Waals surface area contributed by atoms with E-state index in [0.717, 1.165) is 21.5 Å². The number of hydrogen-bond acceptors (Lipinski definition) is 4. The van der Waals surface area contributed by atoms with Crippen LogP contribution < -0.4 is 4.90 Å². The van der Waals surface area contributed by atoms with Crippen LogP contribution in [0.2, 0.25) is 0 Å². The van der Waals surface area contributed by atoms with E-state index in [1.54, 1.807) is 22.4 Å². The summed E-state index contributed by atoms with van der Waals surface area (Å²) >= 11 is 1.55. The fourth-order valence-corrected chi connectivity index (χ4v) is 4.76. The predicted octanol–water partition coefficient (Wildman–Crippen LogP) is 6.45. The van der Waals surface area contributed by atoms with Gasteiger partial charge in [-0.2, -0.15) is 0 Å². The van der Waals surface area contributed by atoms with Gasteiger partial charge in [-0.3, -0.25) is 14.7 Å². The maximum absolute atomic E-state index is 13.6. The van der Waals surface area contributed by atoms with Gasteiger partial charge < -0.3 is 0 Å². The predicted molar refractivity (Wildman–Crippen MR) is 129 cm³/mol. The summed E-state index contributed by atoms with van der Waals surface area (Å²) in [4.78, 5) is 24.6. The second-order valence-electron chi connectivity index (χ2n) is 8.96. The van der Waals surface area contributed by atoms with Gasteiger partial charge >= 0.3 is 0 Å². The molecule has 0 aliphatic heterocycles. The molecule has 2 heterocycles. The Labute approximate surface area is 187 Å². The molecule has 4 nitrogen and oxygen atoms in total. The van der Waals surface area contributed by atoms with Crippen molar-refractivity contribution in [3.8, 4) is 0 Å². The molecule has 0 N–H and O–H groups in total. The summed E-state index contributed by atoms with van der Waals surface area (Å²) < 4.78 is 1.09. The molecule has 1 amide bonds. The quantitative estimate of drug-likeness (QED) is 0.374. The number of hydrogen-bond donors (Lipinski definition) is 0. The van der Waals surface area contributed by atoms with Gasteiger partial charge in [-0.25, -0.2) is 4.98 Å². The first-order chi connectivity index (χ1) is 14.7. The third kappa shape index (κ3) is 4.52. The average Bonchev–Trinajstić information content (AvgIpc) is 3.16. The fraction of sp³-hybridized carbons (Fsp3) is 0.269. The Morgan fingerprint density at radius 2 is 1.77 bits per heavy atom. The monoisotopic (exact) mass is 429 g/mol. The van der Waals surface area contributed by atoms with Crippen LogP contribution in [0.5, 0.6) is 0 Å². The molecule has 0 saturated carbocycles. The molecule has 0 unspecified atom stereocenters. The van der Waals surface area contributed by atoms with Crippen molar-refractivity contribution in [2.24, 2.45) is 0 Å². The topological polar surface area (TPSA) is 46.1 Å². The van der Waals surface area contributed by atoms with Gasteiger partial charge in [0, 0.05) is 11.8 Å². The van der Waals surface area contributed by atoms with Crippen LogP contribution in [-0.4, -0.2) is 15.9 Å². The smallest absolute Gasteiger partial charge is 0.260 e. The van der Waals surface area contributed by atoms with E-state index in [0.29, 0.717) is 17.2 Å². The van der Waals surface area contributed by atoms with E-state index in [2.05, 4.69) is 51.7 Å². The van der Waals surface area contributed by atoms with Gasteiger partial charge in [-0.15, -0.1) is 0 Å². The summed E-state index contributed by atoms with van der Waals surface area (Å²) in [6.07, 6.45) is 1.75. The molecule has 0 saturated heterocycles. The van der Waals surface area contributed by atoms with Crippen molar-refractivity contribution in [1.29, 1.82) is 0 Å². The first-order valence-corrected chi connectivity index (χ1v) is 11.2. The SMILES string of the molecule is Cc1cc(C)c2nc(N(Cc3ccccn3)C(=O)c3ccc(C(C)(C)C)cc3)sc2c1. The molecule has 0 bridgehead atoms. The van der Waals surface area contributed by atoms with Crippen LogP contribution in [0, 0.1) is 13.8 Å². The highest BCUT2D eigenvalue weighted by molar-refractivity contribution is 7.22.